The molecule has 3 aromatic carbocycles. The van der Waals surface area contributed by atoms with Gasteiger partial charge in [0.1, 0.15) is 0 Å². The average Bonchev–Trinajstić information content (AvgIpc) is 3.34. The zero-order valence-corrected chi connectivity index (χ0v) is 20.3. The van der Waals surface area contributed by atoms with Crippen LogP contribution in [0.2, 0.25) is 0 Å². The fourth-order valence-corrected chi connectivity index (χ4v) is 4.86. The lowest BCUT2D eigenvalue weighted by Gasteiger charge is -2.18. The number of fused-ring (bicyclic) bond motifs is 1. The average molecular weight is 527 g/mol. The van der Waals surface area contributed by atoms with E-state index in [9.17, 15) is 26.4 Å². The number of H-pyrrole nitrogens is 1. The van der Waals surface area contributed by atoms with Gasteiger partial charge in [0.25, 0.3) is 9.84 Å². The molecule has 1 heterocycles. The number of halogens is 3. The van der Waals surface area contributed by atoms with Gasteiger partial charge in [-0.05, 0) is 70.2 Å². The molecule has 190 valence electrons. The molecule has 0 unspecified atom stereocenters. The van der Waals surface area contributed by atoms with Crippen LogP contribution in [-0.2, 0) is 14.6 Å². The number of alkyl halides is 3. The normalized spacial score (nSPS) is 13.2. The molecule has 2 N–H and O–H groups in total. The number of sulfone groups is 1. The van der Waals surface area contributed by atoms with Crippen molar-refractivity contribution in [3.8, 4) is 0 Å². The second-order valence-electron chi connectivity index (χ2n) is 8.15. The molecule has 0 spiro atoms. The Labute approximate surface area is 210 Å². The fourth-order valence-electron chi connectivity index (χ4n) is 4.05. The summed E-state index contributed by atoms with van der Waals surface area (Å²) in [6.45, 7) is 1.83. The van der Waals surface area contributed by atoms with E-state index in [0.29, 0.717) is 28.7 Å². The highest BCUT2D eigenvalue weighted by atomic mass is 32.2. The largest absolute Gasteiger partial charge is 0.501 e. The number of rotatable bonds is 7. The zero-order valence-electron chi connectivity index (χ0n) is 19.5. The number of nitrogens with zero attached hydrogens (tertiary/aromatic N) is 1. The summed E-state index contributed by atoms with van der Waals surface area (Å²) in [6, 6.07) is 17.4. The molecule has 6 nitrogen and oxygen atoms in total. The van der Waals surface area contributed by atoms with Crippen molar-refractivity contribution in [3.05, 3.63) is 101 Å². The first kappa shape index (κ1) is 25.9. The summed E-state index contributed by atoms with van der Waals surface area (Å²) < 4.78 is 63.9. The minimum atomic E-state index is -5.53. The smallest absolute Gasteiger partial charge is 0.478 e. The van der Waals surface area contributed by atoms with Gasteiger partial charge in [-0.2, -0.15) is 18.3 Å². The van der Waals surface area contributed by atoms with Crippen molar-refractivity contribution < 1.29 is 31.5 Å². The Morgan fingerprint density at radius 3 is 2.35 bits per heavy atom. The van der Waals surface area contributed by atoms with Crippen molar-refractivity contribution in [1.82, 2.24) is 10.2 Å². The number of carboxylic acids is 1. The SMILES string of the molecule is CC/C(=C(/c1ccc(/C=C/C(=O)O)cc1)c1ccc2[nH]ncc2c1)c1cccc(S(=O)(=O)C(F)(F)F)c1. The van der Waals surface area contributed by atoms with Crippen molar-refractivity contribution in [2.45, 2.75) is 23.7 Å². The molecule has 0 saturated heterocycles. The van der Waals surface area contributed by atoms with Gasteiger partial charge in [-0.25, -0.2) is 13.2 Å². The first-order valence-electron chi connectivity index (χ1n) is 11.1. The van der Waals surface area contributed by atoms with Gasteiger partial charge < -0.3 is 5.11 Å². The highest BCUT2D eigenvalue weighted by molar-refractivity contribution is 7.92. The number of aromatic amines is 1. The third kappa shape index (κ3) is 5.34. The van der Waals surface area contributed by atoms with Crippen LogP contribution in [-0.4, -0.2) is 35.2 Å². The van der Waals surface area contributed by atoms with Gasteiger partial charge in [0, 0.05) is 11.5 Å². The van der Waals surface area contributed by atoms with Crippen LogP contribution in [0.15, 0.2) is 83.9 Å². The Kier molecular flexibility index (Phi) is 7.04. The molecule has 0 aliphatic rings. The Hall–Kier alpha value is -4.18. The molecule has 4 rings (SSSR count). The molecule has 1 aromatic heterocycles. The van der Waals surface area contributed by atoms with E-state index in [0.717, 1.165) is 40.2 Å². The molecular weight excluding hydrogens is 505 g/mol. The molecule has 0 radical (unpaired) electrons. The molecule has 10 heteroatoms. The second kappa shape index (κ2) is 10.1. The van der Waals surface area contributed by atoms with Gasteiger partial charge >= 0.3 is 11.5 Å². The number of hydrogen-bond donors (Lipinski definition) is 2. The van der Waals surface area contributed by atoms with Gasteiger partial charge in [-0.3, -0.25) is 5.10 Å². The van der Waals surface area contributed by atoms with Crippen LogP contribution >= 0.6 is 0 Å². The van der Waals surface area contributed by atoms with Crippen LogP contribution in [0.25, 0.3) is 28.1 Å². The van der Waals surface area contributed by atoms with E-state index in [1.54, 1.807) is 36.5 Å². The van der Waals surface area contributed by atoms with Crippen LogP contribution < -0.4 is 0 Å². The van der Waals surface area contributed by atoms with Gasteiger partial charge in [0.15, 0.2) is 0 Å². The molecule has 4 aromatic rings. The number of allylic oxidation sites excluding steroid dienone is 1. The summed E-state index contributed by atoms with van der Waals surface area (Å²) in [5, 5.41) is 16.6. The summed E-state index contributed by atoms with van der Waals surface area (Å²) >= 11 is 0. The van der Waals surface area contributed by atoms with E-state index in [1.165, 1.54) is 12.1 Å². The second-order valence-corrected chi connectivity index (χ2v) is 10.1. The third-order valence-electron chi connectivity index (χ3n) is 5.80. The van der Waals surface area contributed by atoms with Gasteiger partial charge in [-0.1, -0.05) is 49.4 Å². The molecule has 0 saturated carbocycles. The lowest BCUT2D eigenvalue weighted by Crippen LogP contribution is -2.23. The summed E-state index contributed by atoms with van der Waals surface area (Å²) in [7, 11) is -5.53. The van der Waals surface area contributed by atoms with E-state index in [1.807, 2.05) is 25.1 Å². The Bertz CT molecular complexity index is 1630. The number of carboxylic acid groups (broad SMARTS) is 1. The predicted octanol–water partition coefficient (Wildman–Crippen LogP) is 6.32. The van der Waals surface area contributed by atoms with Crippen molar-refractivity contribution in [2.75, 3.05) is 0 Å². The number of carbonyl (C=O) groups is 1. The highest BCUT2D eigenvalue weighted by Gasteiger charge is 2.46. The van der Waals surface area contributed by atoms with Crippen molar-refractivity contribution in [2.24, 2.45) is 0 Å². The molecule has 0 aliphatic heterocycles. The molecular formula is C27H21F3N2O4S. The molecule has 0 amide bonds. The predicted molar refractivity (Wildman–Crippen MR) is 135 cm³/mol. The van der Waals surface area contributed by atoms with Crippen molar-refractivity contribution >= 4 is 43.9 Å². The van der Waals surface area contributed by atoms with E-state index in [4.69, 9.17) is 5.11 Å². The summed E-state index contributed by atoms with van der Waals surface area (Å²) in [5.74, 6) is -1.08. The number of aromatic nitrogens is 2. The Morgan fingerprint density at radius 1 is 1.00 bits per heavy atom. The fraction of sp³-hybridized carbons (Fsp3) is 0.111. The lowest BCUT2D eigenvalue weighted by molar-refractivity contribution is -0.131. The minimum Gasteiger partial charge on any atom is -0.478 e. The summed E-state index contributed by atoms with van der Waals surface area (Å²) in [5.41, 5.74) is -0.835. The molecule has 0 aliphatic carbocycles. The first-order valence-corrected chi connectivity index (χ1v) is 12.6. The van der Waals surface area contributed by atoms with Gasteiger partial charge in [-0.15, -0.1) is 0 Å². The van der Waals surface area contributed by atoms with Crippen molar-refractivity contribution in [3.63, 3.8) is 0 Å². The van der Waals surface area contributed by atoms with Crippen LogP contribution in [0.5, 0.6) is 0 Å². The van der Waals surface area contributed by atoms with Crippen molar-refractivity contribution in [1.29, 1.82) is 0 Å². The van der Waals surface area contributed by atoms with E-state index in [-0.39, 0.29) is 0 Å². The monoisotopic (exact) mass is 526 g/mol. The highest BCUT2D eigenvalue weighted by Crippen LogP contribution is 2.37. The van der Waals surface area contributed by atoms with Crippen LogP contribution in [0.4, 0.5) is 13.2 Å². The van der Waals surface area contributed by atoms with Crippen LogP contribution in [0.3, 0.4) is 0 Å². The van der Waals surface area contributed by atoms with Crippen LogP contribution in [0, 0.1) is 0 Å². The topological polar surface area (TPSA) is 100 Å². The summed E-state index contributed by atoms with van der Waals surface area (Å²) in [4.78, 5) is 10.0. The molecule has 0 fully saturated rings. The number of benzene rings is 3. The third-order valence-corrected chi connectivity index (χ3v) is 7.28. The maximum absolute atomic E-state index is 13.2. The first-order chi connectivity index (χ1) is 17.5. The zero-order chi connectivity index (χ0) is 26.8. The minimum absolute atomic E-state index is 0.338. The molecule has 37 heavy (non-hydrogen) atoms. The quantitative estimate of drug-likeness (QED) is 0.217. The molecule has 0 atom stereocenters. The lowest BCUT2D eigenvalue weighted by atomic mass is 9.87. The Balaban J connectivity index is 1.95. The van der Waals surface area contributed by atoms with E-state index < -0.39 is 26.2 Å². The van der Waals surface area contributed by atoms with Crippen LogP contribution in [0.1, 0.15) is 35.6 Å². The number of nitrogens with one attached hydrogen (secondary N) is 1. The maximum atomic E-state index is 13.2. The Morgan fingerprint density at radius 2 is 1.70 bits per heavy atom. The summed E-state index contributed by atoms with van der Waals surface area (Å²) in [6.07, 6.45) is 4.50. The van der Waals surface area contributed by atoms with E-state index >= 15 is 0 Å². The molecule has 0 bridgehead atoms. The standard InChI is InChI=1S/C27H21F3N2O4S/c1-2-23(19-4-3-5-22(15-19)37(35,36)27(28,29)30)26(20-11-12-24-21(14-20)16-31-32-24)18-9-6-17(7-10-18)8-13-25(33)34/h3-16H,2H2,1H3,(H,31,32)(H,33,34)/b13-8+,26-23+. The maximum Gasteiger partial charge on any atom is 0.501 e. The number of hydrogen-bond acceptors (Lipinski definition) is 4. The number of aliphatic carboxylic acids is 1. The van der Waals surface area contributed by atoms with Gasteiger partial charge in [0.05, 0.1) is 16.6 Å². The van der Waals surface area contributed by atoms with Gasteiger partial charge in [0.2, 0.25) is 0 Å². The van der Waals surface area contributed by atoms with E-state index in [2.05, 4.69) is 10.2 Å².